The Morgan fingerprint density at radius 1 is 1.12 bits per heavy atom. The summed E-state index contributed by atoms with van der Waals surface area (Å²) >= 11 is 0. The smallest absolute Gasteiger partial charge is 0.148 e. The SMILES string of the molecule is CCCc1cc(/C(C)=C/n2nc(C)nc2CC)ccc1/C(CC)=N/N=C(\C)N1CCNCC1. The molecule has 1 aliphatic heterocycles. The maximum atomic E-state index is 4.70. The summed E-state index contributed by atoms with van der Waals surface area (Å²) in [4.78, 5) is 6.81. The van der Waals surface area contributed by atoms with Gasteiger partial charge in [-0.1, -0.05) is 45.4 Å². The lowest BCUT2D eigenvalue weighted by atomic mass is 9.94. The van der Waals surface area contributed by atoms with Crippen molar-refractivity contribution in [1.29, 1.82) is 0 Å². The third-order valence-corrected chi connectivity index (χ3v) is 6.06. The van der Waals surface area contributed by atoms with Gasteiger partial charge in [-0.05, 0) is 50.3 Å². The van der Waals surface area contributed by atoms with Gasteiger partial charge >= 0.3 is 0 Å². The summed E-state index contributed by atoms with van der Waals surface area (Å²) in [6, 6.07) is 6.70. The molecule has 178 valence electrons. The number of piperazine rings is 1. The fourth-order valence-corrected chi connectivity index (χ4v) is 4.17. The van der Waals surface area contributed by atoms with Gasteiger partial charge in [-0.3, -0.25) is 0 Å². The summed E-state index contributed by atoms with van der Waals surface area (Å²) < 4.78 is 1.91. The molecule has 7 nitrogen and oxygen atoms in total. The normalized spacial score (nSPS) is 15.9. The second-order valence-electron chi connectivity index (χ2n) is 8.59. The highest BCUT2D eigenvalue weighted by atomic mass is 15.3. The maximum Gasteiger partial charge on any atom is 0.148 e. The predicted molar refractivity (Wildman–Crippen MR) is 139 cm³/mol. The van der Waals surface area contributed by atoms with Crippen LogP contribution < -0.4 is 5.32 Å². The summed E-state index contributed by atoms with van der Waals surface area (Å²) in [6.07, 6.45) is 5.88. The van der Waals surface area contributed by atoms with Crippen LogP contribution in [0.4, 0.5) is 0 Å². The number of hydrogen-bond donors (Lipinski definition) is 1. The van der Waals surface area contributed by atoms with Crippen molar-refractivity contribution in [2.75, 3.05) is 26.2 Å². The average molecular weight is 450 g/mol. The van der Waals surface area contributed by atoms with E-state index in [0.29, 0.717) is 0 Å². The number of allylic oxidation sites excluding steroid dienone is 1. The molecule has 2 heterocycles. The number of amidine groups is 1. The van der Waals surface area contributed by atoms with E-state index in [4.69, 9.17) is 5.10 Å². The molecular weight excluding hydrogens is 410 g/mol. The summed E-state index contributed by atoms with van der Waals surface area (Å²) in [5.74, 6) is 2.78. The van der Waals surface area contributed by atoms with Crippen molar-refractivity contribution in [3.8, 4) is 0 Å². The Kier molecular flexibility index (Phi) is 8.95. The third-order valence-electron chi connectivity index (χ3n) is 6.06. The van der Waals surface area contributed by atoms with Crippen molar-refractivity contribution in [3.63, 3.8) is 0 Å². The molecule has 2 aromatic rings. The molecular formula is C26H39N7. The third kappa shape index (κ3) is 6.38. The zero-order chi connectivity index (χ0) is 23.8. The van der Waals surface area contributed by atoms with Gasteiger partial charge in [-0.25, -0.2) is 9.67 Å². The second-order valence-corrected chi connectivity index (χ2v) is 8.59. The van der Waals surface area contributed by atoms with Crippen LogP contribution in [0.15, 0.2) is 28.4 Å². The van der Waals surface area contributed by atoms with Crippen molar-refractivity contribution in [2.45, 2.75) is 67.2 Å². The maximum absolute atomic E-state index is 4.70. The first-order valence-electron chi connectivity index (χ1n) is 12.3. The predicted octanol–water partition coefficient (Wildman–Crippen LogP) is 4.56. The zero-order valence-corrected chi connectivity index (χ0v) is 21.1. The van der Waals surface area contributed by atoms with Crippen LogP contribution in [0.1, 0.15) is 75.8 Å². The van der Waals surface area contributed by atoms with E-state index < -0.39 is 0 Å². The van der Waals surface area contributed by atoms with Gasteiger partial charge in [0.1, 0.15) is 17.5 Å². The molecule has 0 amide bonds. The van der Waals surface area contributed by atoms with Crippen LogP contribution in [-0.4, -0.2) is 57.4 Å². The van der Waals surface area contributed by atoms with Crippen molar-refractivity contribution in [2.24, 2.45) is 10.2 Å². The average Bonchev–Trinajstić information content (AvgIpc) is 3.19. The minimum atomic E-state index is 0.804. The minimum Gasteiger partial charge on any atom is -0.356 e. The Morgan fingerprint density at radius 3 is 2.55 bits per heavy atom. The van der Waals surface area contributed by atoms with Gasteiger partial charge in [-0.2, -0.15) is 10.2 Å². The van der Waals surface area contributed by atoms with E-state index in [1.807, 2.05) is 11.6 Å². The lowest BCUT2D eigenvalue weighted by Crippen LogP contribution is -2.45. The minimum absolute atomic E-state index is 0.804. The fraction of sp³-hybridized carbons (Fsp3) is 0.538. The van der Waals surface area contributed by atoms with E-state index in [0.717, 1.165) is 75.1 Å². The number of aryl methyl sites for hydroxylation is 3. The number of hydrogen-bond acceptors (Lipinski definition) is 5. The van der Waals surface area contributed by atoms with Gasteiger partial charge in [0.15, 0.2) is 0 Å². The standard InChI is InChI=1S/C26H39N7/c1-7-10-23-17-22(19(4)18-33-26(9-3)28-20(5)31-33)11-12-24(23)25(8-2)30-29-21(6)32-15-13-27-14-16-32/h11-12,17-18,27H,7-10,13-16H2,1-6H3/b19-18+,29-21+,30-25+. The Hall–Kier alpha value is -2.80. The highest BCUT2D eigenvalue weighted by Gasteiger charge is 2.13. The van der Waals surface area contributed by atoms with E-state index in [1.165, 1.54) is 22.3 Å². The molecule has 1 fully saturated rings. The highest BCUT2D eigenvalue weighted by Crippen LogP contribution is 2.23. The number of nitrogens with one attached hydrogen (secondary N) is 1. The van der Waals surface area contributed by atoms with Crippen LogP contribution >= 0.6 is 0 Å². The molecule has 7 heteroatoms. The Balaban J connectivity index is 1.91. The van der Waals surface area contributed by atoms with E-state index >= 15 is 0 Å². The molecule has 1 saturated heterocycles. The highest BCUT2D eigenvalue weighted by molar-refractivity contribution is 6.02. The lowest BCUT2D eigenvalue weighted by Gasteiger charge is -2.28. The molecule has 0 radical (unpaired) electrons. The molecule has 0 bridgehead atoms. The first kappa shape index (κ1) is 24.8. The van der Waals surface area contributed by atoms with Crippen molar-refractivity contribution >= 4 is 23.3 Å². The van der Waals surface area contributed by atoms with Gasteiger partial charge in [0.2, 0.25) is 0 Å². The van der Waals surface area contributed by atoms with Crippen LogP contribution in [0.25, 0.3) is 11.8 Å². The Bertz CT molecular complexity index is 1020. The molecule has 0 unspecified atom stereocenters. The first-order valence-corrected chi connectivity index (χ1v) is 12.3. The number of rotatable bonds is 8. The molecule has 1 aromatic heterocycles. The lowest BCUT2D eigenvalue weighted by molar-refractivity contribution is 0.355. The Morgan fingerprint density at radius 2 is 1.88 bits per heavy atom. The first-order chi connectivity index (χ1) is 16.0. The van der Waals surface area contributed by atoms with E-state index in [9.17, 15) is 0 Å². The topological polar surface area (TPSA) is 70.7 Å². The van der Waals surface area contributed by atoms with E-state index in [-0.39, 0.29) is 0 Å². The molecule has 0 aliphatic carbocycles. The number of aromatic nitrogens is 3. The fourth-order valence-electron chi connectivity index (χ4n) is 4.17. The van der Waals surface area contributed by atoms with Crippen LogP contribution in [0.5, 0.6) is 0 Å². The number of benzene rings is 1. The summed E-state index contributed by atoms with van der Waals surface area (Å²) in [5.41, 5.74) is 5.94. The molecule has 0 spiro atoms. The molecule has 33 heavy (non-hydrogen) atoms. The molecule has 1 aliphatic rings. The van der Waals surface area contributed by atoms with Gasteiger partial charge < -0.3 is 10.2 Å². The Labute approximate surface area is 198 Å². The van der Waals surface area contributed by atoms with Gasteiger partial charge in [0, 0.05) is 44.4 Å². The molecule has 3 rings (SSSR count). The van der Waals surface area contributed by atoms with Gasteiger partial charge in [0.05, 0.1) is 5.71 Å². The molecule has 1 N–H and O–H groups in total. The quantitative estimate of drug-likeness (QED) is 0.364. The molecule has 0 atom stereocenters. The van der Waals surface area contributed by atoms with Crippen molar-refractivity contribution < 1.29 is 0 Å². The van der Waals surface area contributed by atoms with Crippen molar-refractivity contribution in [3.05, 3.63) is 46.5 Å². The summed E-state index contributed by atoms with van der Waals surface area (Å²) in [6.45, 7) is 16.6. The van der Waals surface area contributed by atoms with E-state index in [1.54, 1.807) is 0 Å². The molecule has 0 saturated carbocycles. The van der Waals surface area contributed by atoms with Crippen LogP contribution in [0.3, 0.4) is 0 Å². The monoisotopic (exact) mass is 449 g/mol. The largest absolute Gasteiger partial charge is 0.356 e. The van der Waals surface area contributed by atoms with Crippen LogP contribution in [-0.2, 0) is 12.8 Å². The van der Waals surface area contributed by atoms with Crippen LogP contribution in [0.2, 0.25) is 0 Å². The second kappa shape index (κ2) is 11.9. The summed E-state index contributed by atoms with van der Waals surface area (Å²) in [5, 5.41) is 17.2. The van der Waals surface area contributed by atoms with Crippen LogP contribution in [0, 0.1) is 6.92 Å². The van der Waals surface area contributed by atoms with Gasteiger partial charge in [0.25, 0.3) is 0 Å². The summed E-state index contributed by atoms with van der Waals surface area (Å²) in [7, 11) is 0. The van der Waals surface area contributed by atoms with Crippen molar-refractivity contribution in [1.82, 2.24) is 25.0 Å². The van der Waals surface area contributed by atoms with Gasteiger partial charge in [-0.15, -0.1) is 5.10 Å². The number of nitrogens with zero attached hydrogens (tertiary/aromatic N) is 6. The zero-order valence-electron chi connectivity index (χ0n) is 21.1. The molecule has 1 aromatic carbocycles. The van der Waals surface area contributed by atoms with E-state index in [2.05, 4.69) is 84.4 Å².